The molecule has 11 heteroatoms. The van der Waals surface area contributed by atoms with E-state index in [0.717, 1.165) is 64.2 Å². The van der Waals surface area contributed by atoms with Gasteiger partial charge in [0.2, 0.25) is 0 Å². The number of carbonyl (C=O) groups excluding carboxylic acids is 2. The lowest BCUT2D eigenvalue weighted by Crippen LogP contribution is -2.29. The first-order valence-corrected chi connectivity index (χ1v) is 22.7. The van der Waals surface area contributed by atoms with Crippen molar-refractivity contribution in [3.05, 3.63) is 60.8 Å². The smallest absolute Gasteiger partial charge is 0.462 e. The summed E-state index contributed by atoms with van der Waals surface area (Å²) in [5, 5.41) is 18.3. The summed E-state index contributed by atoms with van der Waals surface area (Å²) in [6.07, 6.45) is 43.3. The summed E-state index contributed by atoms with van der Waals surface area (Å²) >= 11 is 0. The van der Waals surface area contributed by atoms with Crippen LogP contribution >= 0.6 is 7.82 Å². The van der Waals surface area contributed by atoms with E-state index in [0.29, 0.717) is 19.3 Å². The molecule has 0 radical (unpaired) electrons. The Morgan fingerprint density at radius 1 is 0.545 bits per heavy atom. The standard InChI is InChI=1S/C44H77O10P/c1-3-5-7-9-11-13-15-17-19-20-22-23-25-27-29-31-33-35-43(47)51-39-42(40-53-55(49,50)52-38-41(46)37-45)54-44(48)36-34-32-30-28-26-24-21-18-16-14-12-10-8-6-4-2/h11,13,17-19,21-23,27,29,41-42,45-46H,3-10,12,14-16,20,24-26,28,30-40H2,1-2H3,(H,49,50)/b13-11-,19-17-,21-18-,23-22-,29-27-/t41-,42+/m0/s1. The average Bonchev–Trinajstić information content (AvgIpc) is 3.17. The number of aliphatic hydroxyl groups excluding tert-OH is 2. The minimum Gasteiger partial charge on any atom is -0.462 e. The van der Waals surface area contributed by atoms with Crippen molar-refractivity contribution < 1.29 is 47.8 Å². The van der Waals surface area contributed by atoms with Crippen molar-refractivity contribution in [1.29, 1.82) is 0 Å². The Morgan fingerprint density at radius 3 is 1.53 bits per heavy atom. The highest BCUT2D eigenvalue weighted by molar-refractivity contribution is 7.47. The lowest BCUT2D eigenvalue weighted by molar-refractivity contribution is -0.161. The number of phosphoric ester groups is 1. The molecule has 0 saturated carbocycles. The van der Waals surface area contributed by atoms with Crippen LogP contribution < -0.4 is 0 Å². The SMILES string of the molecule is CCCCC/C=C\C/C=C\C/C=C\C/C=C\CCCC(=O)OC[C@H](COP(=O)(O)OC[C@@H](O)CO)OC(=O)CCCCCCC/C=C\CCCCCCCC. The zero-order valence-electron chi connectivity index (χ0n) is 34.4. The lowest BCUT2D eigenvalue weighted by Gasteiger charge is -2.20. The van der Waals surface area contributed by atoms with Crippen molar-refractivity contribution in [2.24, 2.45) is 0 Å². The number of carbonyl (C=O) groups is 2. The van der Waals surface area contributed by atoms with Gasteiger partial charge in [-0.15, -0.1) is 0 Å². The molecule has 0 aliphatic heterocycles. The van der Waals surface area contributed by atoms with E-state index in [1.165, 1.54) is 57.8 Å². The molecule has 1 unspecified atom stereocenters. The molecule has 0 heterocycles. The summed E-state index contributed by atoms with van der Waals surface area (Å²) in [7, 11) is -4.63. The number of ether oxygens (including phenoxy) is 2. The predicted molar refractivity (Wildman–Crippen MR) is 224 cm³/mol. The maximum Gasteiger partial charge on any atom is 0.472 e. The van der Waals surface area contributed by atoms with Crippen LogP contribution in [0.5, 0.6) is 0 Å². The third kappa shape index (κ3) is 39.7. The number of allylic oxidation sites excluding steroid dienone is 10. The van der Waals surface area contributed by atoms with Gasteiger partial charge in [0.1, 0.15) is 12.7 Å². The Hall–Kier alpha value is -2.33. The molecule has 55 heavy (non-hydrogen) atoms. The average molecular weight is 797 g/mol. The number of rotatable bonds is 39. The van der Waals surface area contributed by atoms with Gasteiger partial charge in [0, 0.05) is 12.8 Å². The zero-order valence-corrected chi connectivity index (χ0v) is 35.3. The molecule has 0 amide bonds. The molecule has 10 nitrogen and oxygen atoms in total. The molecule has 0 rings (SSSR count). The number of unbranched alkanes of at least 4 members (excludes halogenated alkanes) is 15. The van der Waals surface area contributed by atoms with Crippen molar-refractivity contribution in [3.63, 3.8) is 0 Å². The van der Waals surface area contributed by atoms with Gasteiger partial charge in [-0.05, 0) is 77.0 Å². The summed E-state index contributed by atoms with van der Waals surface area (Å²) in [5.41, 5.74) is 0. The minimum absolute atomic E-state index is 0.160. The van der Waals surface area contributed by atoms with Crippen LogP contribution in [0.15, 0.2) is 60.8 Å². The Morgan fingerprint density at radius 2 is 0.964 bits per heavy atom. The fourth-order valence-corrected chi connectivity index (χ4v) is 6.12. The summed E-state index contributed by atoms with van der Waals surface area (Å²) in [6.45, 7) is 2.26. The largest absolute Gasteiger partial charge is 0.472 e. The predicted octanol–water partition coefficient (Wildman–Crippen LogP) is 11.1. The highest BCUT2D eigenvalue weighted by Crippen LogP contribution is 2.43. The molecule has 0 spiro atoms. The molecule has 0 aliphatic carbocycles. The molecule has 0 bridgehead atoms. The van der Waals surface area contributed by atoms with Gasteiger partial charge in [-0.25, -0.2) is 4.57 Å². The van der Waals surface area contributed by atoms with E-state index in [2.05, 4.69) is 73.1 Å². The normalized spacial score (nSPS) is 14.5. The lowest BCUT2D eigenvalue weighted by atomic mass is 10.1. The highest BCUT2D eigenvalue weighted by Gasteiger charge is 2.27. The van der Waals surface area contributed by atoms with Crippen LogP contribution in [0.3, 0.4) is 0 Å². The van der Waals surface area contributed by atoms with E-state index in [9.17, 15) is 24.2 Å². The van der Waals surface area contributed by atoms with Crippen LogP contribution in [0.2, 0.25) is 0 Å². The van der Waals surface area contributed by atoms with Crippen LogP contribution in [0.1, 0.15) is 168 Å². The topological polar surface area (TPSA) is 149 Å². The van der Waals surface area contributed by atoms with Gasteiger partial charge in [0.05, 0.1) is 19.8 Å². The van der Waals surface area contributed by atoms with E-state index < -0.39 is 51.8 Å². The third-order valence-corrected chi connectivity index (χ3v) is 9.60. The minimum atomic E-state index is -4.63. The fourth-order valence-electron chi connectivity index (χ4n) is 5.33. The summed E-state index contributed by atoms with van der Waals surface area (Å²) in [4.78, 5) is 34.9. The van der Waals surface area contributed by atoms with Crippen molar-refractivity contribution in [2.45, 2.75) is 180 Å². The number of aliphatic hydroxyl groups is 2. The van der Waals surface area contributed by atoms with Crippen molar-refractivity contribution in [2.75, 3.05) is 26.4 Å². The Labute approximate surface area is 334 Å². The number of hydrogen-bond donors (Lipinski definition) is 3. The van der Waals surface area contributed by atoms with Crippen LogP contribution in [0.25, 0.3) is 0 Å². The quantitative estimate of drug-likeness (QED) is 0.0237. The maximum absolute atomic E-state index is 12.6. The molecular weight excluding hydrogens is 719 g/mol. The van der Waals surface area contributed by atoms with Gasteiger partial charge in [-0.2, -0.15) is 0 Å². The monoisotopic (exact) mass is 797 g/mol. The van der Waals surface area contributed by atoms with Crippen molar-refractivity contribution in [3.8, 4) is 0 Å². The van der Waals surface area contributed by atoms with Gasteiger partial charge < -0.3 is 24.6 Å². The number of hydrogen-bond acceptors (Lipinski definition) is 9. The first-order chi connectivity index (χ1) is 26.7. The summed E-state index contributed by atoms with van der Waals surface area (Å²) in [5.74, 6) is -1.00. The fraction of sp³-hybridized carbons (Fsp3) is 0.727. The van der Waals surface area contributed by atoms with Crippen LogP contribution in [-0.4, -0.2) is 65.7 Å². The molecule has 0 aromatic heterocycles. The van der Waals surface area contributed by atoms with E-state index in [-0.39, 0.29) is 19.4 Å². The second-order valence-electron chi connectivity index (χ2n) is 14.0. The van der Waals surface area contributed by atoms with E-state index in [1.807, 2.05) is 6.08 Å². The molecule has 0 aromatic carbocycles. The van der Waals surface area contributed by atoms with Crippen LogP contribution in [-0.2, 0) is 32.7 Å². The second-order valence-corrected chi connectivity index (χ2v) is 15.5. The molecule has 0 fully saturated rings. The van der Waals surface area contributed by atoms with Gasteiger partial charge in [0.25, 0.3) is 0 Å². The second kappa shape index (κ2) is 39.9. The van der Waals surface area contributed by atoms with E-state index in [4.69, 9.17) is 19.1 Å². The van der Waals surface area contributed by atoms with Crippen molar-refractivity contribution in [1.82, 2.24) is 0 Å². The van der Waals surface area contributed by atoms with E-state index >= 15 is 0 Å². The first kappa shape index (κ1) is 52.7. The van der Waals surface area contributed by atoms with Gasteiger partial charge in [-0.1, -0.05) is 139 Å². The van der Waals surface area contributed by atoms with Crippen LogP contribution in [0, 0.1) is 0 Å². The van der Waals surface area contributed by atoms with Gasteiger partial charge in [-0.3, -0.25) is 18.6 Å². The molecule has 0 saturated heterocycles. The molecule has 0 aromatic rings. The Balaban J connectivity index is 4.43. The van der Waals surface area contributed by atoms with Crippen LogP contribution in [0.4, 0.5) is 0 Å². The third-order valence-electron chi connectivity index (χ3n) is 8.64. The number of esters is 2. The Bertz CT molecular complexity index is 1100. The Kier molecular flexibility index (Phi) is 38.2. The zero-order chi connectivity index (χ0) is 40.5. The molecule has 3 N–H and O–H groups in total. The molecular formula is C44H77O10P. The summed E-state index contributed by atoms with van der Waals surface area (Å²) < 4.78 is 32.6. The number of phosphoric acid groups is 1. The molecule has 3 atom stereocenters. The van der Waals surface area contributed by atoms with E-state index in [1.54, 1.807) is 0 Å². The maximum atomic E-state index is 12.6. The molecule has 318 valence electrons. The van der Waals surface area contributed by atoms with Gasteiger partial charge >= 0.3 is 19.8 Å². The summed E-state index contributed by atoms with van der Waals surface area (Å²) in [6, 6.07) is 0. The highest BCUT2D eigenvalue weighted by atomic mass is 31.2. The van der Waals surface area contributed by atoms with Gasteiger partial charge in [0.15, 0.2) is 6.10 Å². The van der Waals surface area contributed by atoms with Crippen molar-refractivity contribution >= 4 is 19.8 Å². The first-order valence-electron chi connectivity index (χ1n) is 21.2. The molecule has 0 aliphatic rings.